The van der Waals surface area contributed by atoms with E-state index in [2.05, 4.69) is 0 Å². The summed E-state index contributed by atoms with van der Waals surface area (Å²) in [5, 5.41) is 0. The van der Waals surface area contributed by atoms with E-state index in [0.717, 1.165) is 0 Å². The van der Waals surface area contributed by atoms with Crippen LogP contribution in [0.1, 0.15) is 25.0 Å². The van der Waals surface area contributed by atoms with E-state index >= 15 is 0 Å². The standard InChI is InChI=1S/C12H15F3O2/c1-4-16-6-8-10(14)9(13)7(3)12(11(8)15)17-5-2/h4-6H2,1-3H3. The van der Waals surface area contributed by atoms with Crippen molar-refractivity contribution >= 4 is 0 Å². The second kappa shape index (κ2) is 5.91. The first-order valence-electron chi connectivity index (χ1n) is 5.40. The summed E-state index contributed by atoms with van der Waals surface area (Å²) in [6.45, 7) is 4.75. The Kier molecular flexibility index (Phi) is 4.81. The fraction of sp³-hybridized carbons (Fsp3) is 0.500. The Morgan fingerprint density at radius 3 is 2.12 bits per heavy atom. The quantitative estimate of drug-likeness (QED) is 0.744. The van der Waals surface area contributed by atoms with E-state index in [1.54, 1.807) is 13.8 Å². The molecule has 2 nitrogen and oxygen atoms in total. The Bertz CT molecular complexity index is 405. The van der Waals surface area contributed by atoms with Gasteiger partial charge in [0.25, 0.3) is 0 Å². The van der Waals surface area contributed by atoms with Crippen LogP contribution >= 0.6 is 0 Å². The lowest BCUT2D eigenvalue weighted by Crippen LogP contribution is -2.08. The first-order valence-corrected chi connectivity index (χ1v) is 5.40. The number of halogens is 3. The minimum Gasteiger partial charge on any atom is -0.490 e. The second-order valence-electron chi connectivity index (χ2n) is 3.44. The van der Waals surface area contributed by atoms with Crippen LogP contribution in [0.2, 0.25) is 0 Å². The third-order valence-electron chi connectivity index (χ3n) is 2.33. The molecule has 0 spiro atoms. The largest absolute Gasteiger partial charge is 0.490 e. The number of hydrogen-bond donors (Lipinski definition) is 0. The van der Waals surface area contributed by atoms with Gasteiger partial charge in [0.05, 0.1) is 18.8 Å². The van der Waals surface area contributed by atoms with Gasteiger partial charge in [-0.3, -0.25) is 0 Å². The maximum atomic E-state index is 13.9. The van der Waals surface area contributed by atoms with Gasteiger partial charge in [0, 0.05) is 12.2 Å². The van der Waals surface area contributed by atoms with Crippen LogP contribution in [-0.4, -0.2) is 13.2 Å². The number of ether oxygens (including phenoxy) is 2. The third-order valence-corrected chi connectivity index (χ3v) is 2.33. The van der Waals surface area contributed by atoms with Crippen molar-refractivity contribution in [2.45, 2.75) is 27.4 Å². The molecule has 0 saturated heterocycles. The predicted molar refractivity (Wildman–Crippen MR) is 57.6 cm³/mol. The van der Waals surface area contributed by atoms with Crippen LogP contribution < -0.4 is 4.74 Å². The van der Waals surface area contributed by atoms with Crippen LogP contribution in [-0.2, 0) is 11.3 Å². The lowest BCUT2D eigenvalue weighted by Gasteiger charge is -2.14. The molecule has 0 aliphatic rings. The minimum atomic E-state index is -1.21. The average molecular weight is 248 g/mol. The molecule has 0 amide bonds. The zero-order chi connectivity index (χ0) is 13.0. The van der Waals surface area contributed by atoms with Crippen molar-refractivity contribution in [1.29, 1.82) is 0 Å². The summed E-state index contributed by atoms with van der Waals surface area (Å²) >= 11 is 0. The zero-order valence-electron chi connectivity index (χ0n) is 10.1. The Morgan fingerprint density at radius 1 is 0.941 bits per heavy atom. The molecule has 0 radical (unpaired) electrons. The highest BCUT2D eigenvalue weighted by atomic mass is 19.2. The minimum absolute atomic E-state index is 0.165. The van der Waals surface area contributed by atoms with Crippen LogP contribution in [0.4, 0.5) is 13.2 Å². The molecule has 0 N–H and O–H groups in total. The third kappa shape index (κ3) is 2.72. The van der Waals surface area contributed by atoms with E-state index in [9.17, 15) is 13.2 Å². The Labute approximate surface area is 98.3 Å². The first-order chi connectivity index (χ1) is 8.04. The van der Waals surface area contributed by atoms with Crippen LogP contribution in [0.3, 0.4) is 0 Å². The van der Waals surface area contributed by atoms with Crippen LogP contribution in [0.25, 0.3) is 0 Å². The summed E-state index contributed by atoms with van der Waals surface area (Å²) in [5.41, 5.74) is -0.597. The fourth-order valence-electron chi connectivity index (χ4n) is 1.44. The summed E-state index contributed by atoms with van der Waals surface area (Å²) < 4.78 is 50.8. The van der Waals surface area contributed by atoms with E-state index in [-0.39, 0.29) is 24.5 Å². The summed E-state index contributed by atoms with van der Waals surface area (Å²) in [5.74, 6) is -3.45. The average Bonchev–Trinajstić information content (AvgIpc) is 2.32. The lowest BCUT2D eigenvalue weighted by atomic mass is 10.1. The highest BCUT2D eigenvalue weighted by molar-refractivity contribution is 5.40. The summed E-state index contributed by atoms with van der Waals surface area (Å²) in [6.07, 6.45) is 0. The predicted octanol–water partition coefficient (Wildman–Crippen LogP) is 3.35. The van der Waals surface area contributed by atoms with E-state index in [0.29, 0.717) is 6.61 Å². The molecule has 96 valence electrons. The van der Waals surface area contributed by atoms with Gasteiger partial charge in [-0.15, -0.1) is 0 Å². The van der Waals surface area contributed by atoms with Crippen LogP contribution in [0, 0.1) is 24.4 Å². The van der Waals surface area contributed by atoms with Gasteiger partial charge in [-0.1, -0.05) is 0 Å². The molecule has 1 rings (SSSR count). The molecule has 0 aliphatic carbocycles. The molecule has 0 bridgehead atoms. The van der Waals surface area contributed by atoms with E-state index in [4.69, 9.17) is 9.47 Å². The molecule has 1 aromatic carbocycles. The number of benzene rings is 1. The summed E-state index contributed by atoms with van der Waals surface area (Å²) in [4.78, 5) is 0. The molecule has 0 heterocycles. The number of hydrogen-bond acceptors (Lipinski definition) is 2. The van der Waals surface area contributed by atoms with Crippen LogP contribution in [0.5, 0.6) is 5.75 Å². The van der Waals surface area contributed by atoms with Crippen molar-refractivity contribution in [3.05, 3.63) is 28.6 Å². The molecule has 0 aromatic heterocycles. The van der Waals surface area contributed by atoms with Crippen molar-refractivity contribution < 1.29 is 22.6 Å². The highest BCUT2D eigenvalue weighted by Crippen LogP contribution is 2.31. The second-order valence-corrected chi connectivity index (χ2v) is 3.44. The molecule has 1 aromatic rings. The Morgan fingerprint density at radius 2 is 1.59 bits per heavy atom. The Balaban J connectivity index is 3.28. The SMILES string of the molecule is CCOCc1c(F)c(F)c(C)c(OCC)c1F. The van der Waals surface area contributed by atoms with Crippen molar-refractivity contribution in [2.24, 2.45) is 0 Å². The Hall–Kier alpha value is -1.23. The number of rotatable bonds is 5. The zero-order valence-corrected chi connectivity index (χ0v) is 10.1. The van der Waals surface area contributed by atoms with E-state index in [1.807, 2.05) is 0 Å². The highest BCUT2D eigenvalue weighted by Gasteiger charge is 2.23. The molecular weight excluding hydrogens is 233 g/mol. The summed E-state index contributed by atoms with van der Waals surface area (Å²) in [7, 11) is 0. The van der Waals surface area contributed by atoms with E-state index in [1.165, 1.54) is 6.92 Å². The molecule has 0 fully saturated rings. The smallest absolute Gasteiger partial charge is 0.174 e. The van der Waals surface area contributed by atoms with Gasteiger partial charge < -0.3 is 9.47 Å². The van der Waals surface area contributed by atoms with Gasteiger partial charge >= 0.3 is 0 Å². The molecule has 0 unspecified atom stereocenters. The normalized spacial score (nSPS) is 10.7. The topological polar surface area (TPSA) is 18.5 Å². The van der Waals surface area contributed by atoms with Gasteiger partial charge in [-0.25, -0.2) is 13.2 Å². The molecule has 0 aliphatic heterocycles. The van der Waals surface area contributed by atoms with Gasteiger partial charge in [0.15, 0.2) is 23.2 Å². The fourth-order valence-corrected chi connectivity index (χ4v) is 1.44. The van der Waals surface area contributed by atoms with Crippen molar-refractivity contribution in [1.82, 2.24) is 0 Å². The molecule has 5 heteroatoms. The molecular formula is C12H15F3O2. The van der Waals surface area contributed by atoms with Gasteiger partial charge in [0.1, 0.15) is 0 Å². The van der Waals surface area contributed by atoms with Crippen molar-refractivity contribution in [3.8, 4) is 5.75 Å². The van der Waals surface area contributed by atoms with Crippen LogP contribution in [0.15, 0.2) is 0 Å². The van der Waals surface area contributed by atoms with E-state index < -0.39 is 23.0 Å². The molecule has 17 heavy (non-hydrogen) atoms. The van der Waals surface area contributed by atoms with Crippen molar-refractivity contribution in [3.63, 3.8) is 0 Å². The first kappa shape index (κ1) is 13.8. The van der Waals surface area contributed by atoms with Gasteiger partial charge in [0.2, 0.25) is 0 Å². The monoisotopic (exact) mass is 248 g/mol. The maximum Gasteiger partial charge on any atom is 0.174 e. The molecule has 0 saturated carbocycles. The van der Waals surface area contributed by atoms with Crippen molar-refractivity contribution in [2.75, 3.05) is 13.2 Å². The summed E-state index contributed by atoms with van der Waals surface area (Å²) in [6, 6.07) is 0. The van der Waals surface area contributed by atoms with Gasteiger partial charge in [-0.2, -0.15) is 0 Å². The van der Waals surface area contributed by atoms with Gasteiger partial charge in [-0.05, 0) is 20.8 Å². The maximum absolute atomic E-state index is 13.9. The lowest BCUT2D eigenvalue weighted by molar-refractivity contribution is 0.127. The molecule has 0 atom stereocenters.